The lowest BCUT2D eigenvalue weighted by Gasteiger charge is -2.33. The number of hydrogen-bond donors (Lipinski definition) is 2. The number of piperidine rings is 1. The number of benzene rings is 1. The third-order valence-corrected chi connectivity index (χ3v) is 5.70. The molecule has 2 aromatic rings. The minimum Gasteiger partial charge on any atom is -0.433 e. The van der Waals surface area contributed by atoms with Gasteiger partial charge in [-0.25, -0.2) is 4.98 Å². The van der Waals surface area contributed by atoms with Crippen molar-refractivity contribution in [1.29, 1.82) is 0 Å². The molecular weight excluding hydrogens is 477 g/mol. The van der Waals surface area contributed by atoms with E-state index < -0.39 is 18.4 Å². The van der Waals surface area contributed by atoms with Gasteiger partial charge in [-0.2, -0.15) is 26.9 Å². The van der Waals surface area contributed by atoms with Crippen LogP contribution < -0.4 is 19.7 Å². The van der Waals surface area contributed by atoms with Crippen molar-refractivity contribution in [3.63, 3.8) is 0 Å². The van der Waals surface area contributed by atoms with Gasteiger partial charge < -0.3 is 15.0 Å². The molecule has 1 aromatic carbocycles. The third kappa shape index (κ3) is 7.86. The Labute approximate surface area is 200 Å². The molecule has 0 aliphatic carbocycles. The van der Waals surface area contributed by atoms with Crippen LogP contribution in [0.1, 0.15) is 46.1 Å². The van der Waals surface area contributed by atoms with E-state index >= 15 is 0 Å². The highest BCUT2D eigenvalue weighted by Crippen LogP contribution is 2.38. The molecule has 6 nitrogen and oxygen atoms in total. The van der Waals surface area contributed by atoms with Crippen molar-refractivity contribution in [2.24, 2.45) is 5.92 Å². The first-order valence-corrected chi connectivity index (χ1v) is 11.9. The van der Waals surface area contributed by atoms with Gasteiger partial charge >= 0.3 is 12.8 Å². The number of rotatable bonds is 8. The molecule has 3 rings (SSSR count). The van der Waals surface area contributed by atoms with E-state index in [0.717, 1.165) is 12.8 Å². The molecule has 2 N–H and O–H groups in total. The van der Waals surface area contributed by atoms with Crippen LogP contribution in [0.25, 0.3) is 0 Å². The van der Waals surface area contributed by atoms with Crippen LogP contribution in [-0.4, -0.2) is 36.2 Å². The van der Waals surface area contributed by atoms with Gasteiger partial charge in [0.25, 0.3) is 0 Å². The van der Waals surface area contributed by atoms with Crippen molar-refractivity contribution >= 4 is 29.4 Å². The molecule has 1 aliphatic rings. The quantitative estimate of drug-likeness (QED) is 0.304. The largest absolute Gasteiger partial charge is 0.433 e. The molecular formula is C22H30F5N5OS. The first-order chi connectivity index (χ1) is 16.2. The van der Waals surface area contributed by atoms with Gasteiger partial charge in [0.2, 0.25) is 5.95 Å². The summed E-state index contributed by atoms with van der Waals surface area (Å²) in [6, 6.07) is 4.55. The molecule has 1 unspecified atom stereocenters. The van der Waals surface area contributed by atoms with Crippen LogP contribution in [-0.2, 0) is 6.18 Å². The van der Waals surface area contributed by atoms with Crippen molar-refractivity contribution in [3.05, 3.63) is 30.0 Å². The number of alkyl halides is 5. The second-order valence-electron chi connectivity index (χ2n) is 7.38. The second kappa shape index (κ2) is 12.9. The van der Waals surface area contributed by atoms with Gasteiger partial charge in [0.1, 0.15) is 11.4 Å². The standard InChI is InChI=1S/C20H24F5N5OS.C2H6/c1-3-27-32-13-6-7-15(16(9-13)31-18(21)22)28-19-26-10-14(20(23,24)25)17(29-19)30-8-4-5-12(2)11-30;1-2/h6-7,9-10,12,18,27H,3-5,8,11H2,1-2H3,(H,26,28,29);1-2H3. The maximum Gasteiger partial charge on any atom is 0.421 e. The second-order valence-corrected chi connectivity index (χ2v) is 8.35. The van der Waals surface area contributed by atoms with E-state index in [2.05, 4.69) is 24.7 Å². The fraction of sp³-hybridized carbons (Fsp3) is 0.545. The highest BCUT2D eigenvalue weighted by atomic mass is 32.2. The van der Waals surface area contributed by atoms with Crippen LogP contribution in [0.15, 0.2) is 29.3 Å². The number of aromatic nitrogens is 2. The highest BCUT2D eigenvalue weighted by Gasteiger charge is 2.37. The lowest BCUT2D eigenvalue weighted by molar-refractivity contribution is -0.137. The summed E-state index contributed by atoms with van der Waals surface area (Å²) in [4.78, 5) is 10.1. The Kier molecular flexibility index (Phi) is 10.6. The van der Waals surface area contributed by atoms with Crippen molar-refractivity contribution < 1.29 is 26.7 Å². The molecule has 0 bridgehead atoms. The van der Waals surface area contributed by atoms with Crippen LogP contribution in [0, 0.1) is 5.92 Å². The fourth-order valence-electron chi connectivity index (χ4n) is 3.39. The molecule has 1 fully saturated rings. The van der Waals surface area contributed by atoms with E-state index in [1.807, 2.05) is 27.7 Å². The summed E-state index contributed by atoms with van der Waals surface area (Å²) in [7, 11) is 0. The molecule has 12 heteroatoms. The van der Waals surface area contributed by atoms with E-state index in [4.69, 9.17) is 0 Å². The first-order valence-electron chi connectivity index (χ1n) is 11.1. The van der Waals surface area contributed by atoms with E-state index in [1.165, 1.54) is 24.1 Å². The summed E-state index contributed by atoms with van der Waals surface area (Å²) in [5.74, 6) is -0.307. The number of halogens is 5. The SMILES string of the molecule is CC.CCNSc1ccc(Nc2ncc(C(F)(F)F)c(N3CCCC(C)C3)n2)c(OC(F)F)c1. The molecule has 0 radical (unpaired) electrons. The number of ether oxygens (including phenoxy) is 1. The molecule has 34 heavy (non-hydrogen) atoms. The van der Waals surface area contributed by atoms with Crippen LogP contribution in [0.4, 0.5) is 39.4 Å². The summed E-state index contributed by atoms with van der Waals surface area (Å²) < 4.78 is 74.1. The number of hydrogen-bond acceptors (Lipinski definition) is 7. The van der Waals surface area contributed by atoms with E-state index in [-0.39, 0.29) is 29.1 Å². The summed E-state index contributed by atoms with van der Waals surface area (Å²) >= 11 is 1.24. The highest BCUT2D eigenvalue weighted by molar-refractivity contribution is 7.97. The number of nitrogens with zero attached hydrogens (tertiary/aromatic N) is 3. The molecule has 190 valence electrons. The normalized spacial score (nSPS) is 16.2. The maximum absolute atomic E-state index is 13.6. The summed E-state index contributed by atoms with van der Waals surface area (Å²) in [5.41, 5.74) is -0.817. The summed E-state index contributed by atoms with van der Waals surface area (Å²) in [6.45, 7) is 6.33. The van der Waals surface area contributed by atoms with E-state index in [0.29, 0.717) is 30.7 Å². The van der Waals surface area contributed by atoms with E-state index in [1.54, 1.807) is 11.0 Å². The van der Waals surface area contributed by atoms with E-state index in [9.17, 15) is 22.0 Å². The van der Waals surface area contributed by atoms with Gasteiger partial charge in [-0.15, -0.1) is 0 Å². The van der Waals surface area contributed by atoms with Gasteiger partial charge in [0.15, 0.2) is 5.75 Å². The van der Waals surface area contributed by atoms with Crippen molar-refractivity contribution in [3.8, 4) is 5.75 Å². The third-order valence-electron chi connectivity index (χ3n) is 4.78. The van der Waals surface area contributed by atoms with Crippen molar-refractivity contribution in [1.82, 2.24) is 14.7 Å². The molecule has 2 heterocycles. The Balaban J connectivity index is 0.00000199. The van der Waals surface area contributed by atoms with Gasteiger partial charge in [0.05, 0.1) is 5.69 Å². The first kappa shape index (κ1) is 27.9. The smallest absolute Gasteiger partial charge is 0.421 e. The summed E-state index contributed by atoms with van der Waals surface area (Å²) in [6.07, 6.45) is -2.22. The minimum absolute atomic E-state index is 0.115. The van der Waals surface area contributed by atoms with Crippen LogP contribution in [0.2, 0.25) is 0 Å². The molecule has 1 aromatic heterocycles. The molecule has 1 aliphatic heterocycles. The zero-order valence-electron chi connectivity index (χ0n) is 19.5. The number of nitrogens with one attached hydrogen (secondary N) is 2. The maximum atomic E-state index is 13.6. The number of anilines is 3. The minimum atomic E-state index is -4.62. The Hall–Kier alpha value is -2.34. The van der Waals surface area contributed by atoms with Gasteiger partial charge in [0, 0.05) is 30.7 Å². The lowest BCUT2D eigenvalue weighted by Crippen LogP contribution is -2.36. The molecule has 1 atom stereocenters. The van der Waals surface area contributed by atoms with Crippen molar-refractivity contribution in [2.75, 3.05) is 29.9 Å². The molecule has 0 saturated carbocycles. The fourth-order valence-corrected chi connectivity index (χ4v) is 4.01. The Morgan fingerprint density at radius 2 is 2.00 bits per heavy atom. The Morgan fingerprint density at radius 1 is 1.26 bits per heavy atom. The van der Waals surface area contributed by atoms with Gasteiger partial charge in [-0.3, -0.25) is 4.72 Å². The topological polar surface area (TPSA) is 62.3 Å². The van der Waals surface area contributed by atoms with Gasteiger partial charge in [-0.05, 0) is 48.9 Å². The van der Waals surface area contributed by atoms with Crippen LogP contribution >= 0.6 is 11.9 Å². The predicted molar refractivity (Wildman–Crippen MR) is 125 cm³/mol. The zero-order chi connectivity index (χ0) is 25.3. The van der Waals surface area contributed by atoms with Crippen LogP contribution in [0.5, 0.6) is 5.75 Å². The zero-order valence-corrected chi connectivity index (χ0v) is 20.4. The average molecular weight is 508 g/mol. The van der Waals surface area contributed by atoms with Crippen LogP contribution in [0.3, 0.4) is 0 Å². The predicted octanol–water partition coefficient (Wildman–Crippen LogP) is 6.72. The average Bonchev–Trinajstić information content (AvgIpc) is 2.79. The van der Waals surface area contributed by atoms with Crippen molar-refractivity contribution in [2.45, 2.75) is 58.2 Å². The Morgan fingerprint density at radius 3 is 2.62 bits per heavy atom. The van der Waals surface area contributed by atoms with Gasteiger partial charge in [-0.1, -0.05) is 27.7 Å². The monoisotopic (exact) mass is 507 g/mol. The lowest BCUT2D eigenvalue weighted by atomic mass is 10.00. The molecule has 1 saturated heterocycles. The summed E-state index contributed by atoms with van der Waals surface area (Å²) in [5, 5.41) is 2.73. The Bertz CT molecular complexity index is 916. The molecule has 0 amide bonds. The molecule has 0 spiro atoms.